The second kappa shape index (κ2) is 11.0. The summed E-state index contributed by atoms with van der Waals surface area (Å²) in [7, 11) is 0. The fourth-order valence-electron chi connectivity index (χ4n) is 6.41. The van der Waals surface area contributed by atoms with Crippen LogP contribution in [-0.4, -0.2) is 9.97 Å². The maximum absolute atomic E-state index is 5.49. The molecule has 7 rings (SSSR count). The van der Waals surface area contributed by atoms with Crippen molar-refractivity contribution >= 4 is 0 Å². The number of hydrogen-bond donors (Lipinski definition) is 0. The van der Waals surface area contributed by atoms with Crippen LogP contribution in [0, 0.1) is 0 Å². The average molecular weight is 529 g/mol. The lowest BCUT2D eigenvalue weighted by Crippen LogP contribution is -2.27. The van der Waals surface area contributed by atoms with Crippen LogP contribution in [0.3, 0.4) is 0 Å². The molecule has 1 aliphatic carbocycles. The molecule has 198 valence electrons. The Morgan fingerprint density at radius 1 is 0.366 bits per heavy atom. The Morgan fingerprint density at radius 2 is 0.707 bits per heavy atom. The van der Waals surface area contributed by atoms with E-state index in [0.717, 1.165) is 57.9 Å². The molecule has 2 aromatic heterocycles. The van der Waals surface area contributed by atoms with Gasteiger partial charge in [0.25, 0.3) is 0 Å². The summed E-state index contributed by atoms with van der Waals surface area (Å²) in [6.07, 6.45) is 4.44. The molecule has 4 aromatic carbocycles. The SMILES string of the molecule is c1ccc(-c2ccc(C3(c4ccc(-c5ccccc5)c(-c5ccccc5)n4)CCCC3)nc2-c2ccccc2)cc1. The van der Waals surface area contributed by atoms with Gasteiger partial charge in [0.15, 0.2) is 0 Å². The van der Waals surface area contributed by atoms with Crippen LogP contribution in [0.25, 0.3) is 44.8 Å². The maximum Gasteiger partial charge on any atom is 0.0784 e. The third-order valence-corrected chi connectivity index (χ3v) is 8.49. The molecule has 0 atom stereocenters. The molecule has 0 N–H and O–H groups in total. The molecule has 0 amide bonds. The van der Waals surface area contributed by atoms with E-state index in [2.05, 4.69) is 146 Å². The van der Waals surface area contributed by atoms with Crippen LogP contribution in [0.4, 0.5) is 0 Å². The van der Waals surface area contributed by atoms with Gasteiger partial charge in [0.05, 0.1) is 28.2 Å². The zero-order valence-corrected chi connectivity index (χ0v) is 23.1. The molecule has 0 radical (unpaired) electrons. The van der Waals surface area contributed by atoms with Crippen molar-refractivity contribution in [1.82, 2.24) is 9.97 Å². The molecular formula is C39H32N2. The minimum absolute atomic E-state index is 0.225. The number of nitrogens with zero attached hydrogens (tertiary/aromatic N) is 2. The maximum atomic E-state index is 5.49. The summed E-state index contributed by atoms with van der Waals surface area (Å²) in [6.45, 7) is 0. The summed E-state index contributed by atoms with van der Waals surface area (Å²) >= 11 is 0. The fourth-order valence-corrected chi connectivity index (χ4v) is 6.41. The predicted octanol–water partition coefficient (Wildman–Crippen LogP) is 10.0. The van der Waals surface area contributed by atoms with Gasteiger partial charge in [-0.25, -0.2) is 0 Å². The molecule has 1 aliphatic rings. The molecule has 2 nitrogen and oxygen atoms in total. The monoisotopic (exact) mass is 528 g/mol. The van der Waals surface area contributed by atoms with Crippen molar-refractivity contribution in [3.8, 4) is 44.8 Å². The summed E-state index contributed by atoms with van der Waals surface area (Å²) in [5.41, 5.74) is 11.0. The predicted molar refractivity (Wildman–Crippen MR) is 169 cm³/mol. The largest absolute Gasteiger partial charge is 0.251 e. The lowest BCUT2D eigenvalue weighted by molar-refractivity contribution is 0.503. The van der Waals surface area contributed by atoms with Crippen LogP contribution >= 0.6 is 0 Å². The highest BCUT2D eigenvalue weighted by molar-refractivity contribution is 5.82. The fraction of sp³-hybridized carbons (Fsp3) is 0.128. The summed E-state index contributed by atoms with van der Waals surface area (Å²) in [6, 6.07) is 51.5. The van der Waals surface area contributed by atoms with Crippen molar-refractivity contribution in [2.75, 3.05) is 0 Å². The second-order valence-corrected chi connectivity index (χ2v) is 10.9. The summed E-state index contributed by atoms with van der Waals surface area (Å²) < 4.78 is 0. The molecule has 0 unspecified atom stereocenters. The van der Waals surface area contributed by atoms with Gasteiger partial charge in [0.2, 0.25) is 0 Å². The second-order valence-electron chi connectivity index (χ2n) is 10.9. The van der Waals surface area contributed by atoms with E-state index in [1.54, 1.807) is 0 Å². The normalized spacial score (nSPS) is 14.1. The third-order valence-electron chi connectivity index (χ3n) is 8.49. The highest BCUT2D eigenvalue weighted by Crippen LogP contribution is 2.47. The van der Waals surface area contributed by atoms with Gasteiger partial charge in [-0.2, -0.15) is 0 Å². The smallest absolute Gasteiger partial charge is 0.0784 e. The third kappa shape index (κ3) is 4.76. The van der Waals surface area contributed by atoms with Gasteiger partial charge < -0.3 is 0 Å². The van der Waals surface area contributed by atoms with Crippen LogP contribution in [0.5, 0.6) is 0 Å². The van der Waals surface area contributed by atoms with E-state index in [9.17, 15) is 0 Å². The van der Waals surface area contributed by atoms with Gasteiger partial charge in [-0.05, 0) is 36.1 Å². The molecule has 0 saturated heterocycles. The number of aromatic nitrogens is 2. The van der Waals surface area contributed by atoms with E-state index in [4.69, 9.17) is 9.97 Å². The van der Waals surface area contributed by atoms with Gasteiger partial charge in [-0.15, -0.1) is 0 Å². The van der Waals surface area contributed by atoms with E-state index >= 15 is 0 Å². The Balaban J connectivity index is 1.42. The average Bonchev–Trinajstić information content (AvgIpc) is 3.57. The standard InChI is InChI=1S/C39H32N2/c1-5-15-29(16-6-1)33-23-25-35(40-37(33)31-19-9-3-10-20-31)39(27-13-14-28-39)36-26-24-34(30-17-7-2-8-18-30)38(41-36)32-21-11-4-12-22-32/h1-12,15-26H,13-14,27-28H2. The van der Waals surface area contributed by atoms with E-state index in [1.165, 1.54) is 24.0 Å². The molecule has 41 heavy (non-hydrogen) atoms. The van der Waals surface area contributed by atoms with Crippen LogP contribution in [0.2, 0.25) is 0 Å². The lowest BCUT2D eigenvalue weighted by Gasteiger charge is -2.30. The van der Waals surface area contributed by atoms with E-state index in [1.807, 2.05) is 0 Å². The molecule has 2 heterocycles. The number of hydrogen-bond acceptors (Lipinski definition) is 2. The van der Waals surface area contributed by atoms with Crippen LogP contribution in [0.1, 0.15) is 37.1 Å². The van der Waals surface area contributed by atoms with Crippen molar-refractivity contribution in [3.05, 3.63) is 157 Å². The Hall–Kier alpha value is -4.82. The first-order chi connectivity index (χ1) is 20.3. The first-order valence-corrected chi connectivity index (χ1v) is 14.6. The van der Waals surface area contributed by atoms with E-state index in [-0.39, 0.29) is 5.41 Å². The molecular weight excluding hydrogens is 496 g/mol. The van der Waals surface area contributed by atoms with Gasteiger partial charge in [0.1, 0.15) is 0 Å². The summed E-state index contributed by atoms with van der Waals surface area (Å²) in [5, 5.41) is 0. The molecule has 2 heteroatoms. The first-order valence-electron chi connectivity index (χ1n) is 14.6. The molecule has 0 aliphatic heterocycles. The molecule has 1 saturated carbocycles. The minimum atomic E-state index is -0.225. The summed E-state index contributed by atoms with van der Waals surface area (Å²) in [5.74, 6) is 0. The van der Waals surface area contributed by atoms with E-state index in [0.29, 0.717) is 0 Å². The zero-order chi connectivity index (χ0) is 27.5. The number of benzene rings is 4. The molecule has 6 aromatic rings. The van der Waals surface area contributed by atoms with Crippen molar-refractivity contribution in [1.29, 1.82) is 0 Å². The van der Waals surface area contributed by atoms with Gasteiger partial charge in [0, 0.05) is 22.3 Å². The minimum Gasteiger partial charge on any atom is -0.251 e. The van der Waals surface area contributed by atoms with Crippen molar-refractivity contribution < 1.29 is 0 Å². The topological polar surface area (TPSA) is 25.8 Å². The summed E-state index contributed by atoms with van der Waals surface area (Å²) in [4.78, 5) is 11.0. The first kappa shape index (κ1) is 25.2. The Kier molecular flexibility index (Phi) is 6.74. The number of rotatable bonds is 6. The molecule has 0 spiro atoms. The van der Waals surface area contributed by atoms with Crippen molar-refractivity contribution in [2.24, 2.45) is 0 Å². The quantitative estimate of drug-likeness (QED) is 0.215. The van der Waals surface area contributed by atoms with Crippen LogP contribution in [-0.2, 0) is 5.41 Å². The van der Waals surface area contributed by atoms with Gasteiger partial charge in [-0.3, -0.25) is 9.97 Å². The van der Waals surface area contributed by atoms with E-state index < -0.39 is 0 Å². The van der Waals surface area contributed by atoms with Crippen molar-refractivity contribution in [3.63, 3.8) is 0 Å². The highest BCUT2D eigenvalue weighted by atomic mass is 14.8. The Bertz CT molecular complexity index is 1630. The lowest BCUT2D eigenvalue weighted by atomic mass is 9.77. The zero-order valence-electron chi connectivity index (χ0n) is 23.1. The molecule has 1 fully saturated rings. The van der Waals surface area contributed by atoms with Crippen LogP contribution in [0.15, 0.2) is 146 Å². The Morgan fingerprint density at radius 3 is 1.07 bits per heavy atom. The van der Waals surface area contributed by atoms with Gasteiger partial charge >= 0.3 is 0 Å². The molecule has 0 bridgehead atoms. The van der Waals surface area contributed by atoms with Gasteiger partial charge in [-0.1, -0.05) is 146 Å². The highest BCUT2D eigenvalue weighted by Gasteiger charge is 2.41. The van der Waals surface area contributed by atoms with Crippen molar-refractivity contribution in [2.45, 2.75) is 31.1 Å². The van der Waals surface area contributed by atoms with Crippen LogP contribution < -0.4 is 0 Å². The number of pyridine rings is 2. The Labute approximate surface area is 242 Å².